The average molecular weight is 308 g/mol. The van der Waals surface area contributed by atoms with Crippen molar-refractivity contribution in [1.82, 2.24) is 5.32 Å². The number of benzene rings is 1. The molecular weight excluding hydrogens is 280 g/mol. The molecule has 1 amide bonds. The highest BCUT2D eigenvalue weighted by atomic mass is 32.2. The number of nitrogens with one attached hydrogen (secondary N) is 1. The SMILES string of the molecule is Cc1ccc(SC(C)CC(C)(NC(C)C)C(N)=O)c(C)c1. The number of rotatable bonds is 7. The first-order valence-electron chi connectivity index (χ1n) is 7.45. The van der Waals surface area contributed by atoms with Gasteiger partial charge in [0, 0.05) is 16.2 Å². The molecule has 2 atom stereocenters. The van der Waals surface area contributed by atoms with Gasteiger partial charge in [-0.05, 0) is 52.7 Å². The minimum Gasteiger partial charge on any atom is -0.368 e. The fraction of sp³-hybridized carbons (Fsp3) is 0.588. The molecule has 3 N–H and O–H groups in total. The maximum absolute atomic E-state index is 11.8. The number of aryl methyl sites for hydroxylation is 2. The molecule has 4 heteroatoms. The molecule has 0 aliphatic carbocycles. The Hall–Kier alpha value is -1.00. The molecule has 0 aliphatic heterocycles. The highest BCUT2D eigenvalue weighted by Crippen LogP contribution is 2.31. The summed E-state index contributed by atoms with van der Waals surface area (Å²) in [5, 5.41) is 3.61. The lowest BCUT2D eigenvalue weighted by atomic mass is 9.94. The monoisotopic (exact) mass is 308 g/mol. The van der Waals surface area contributed by atoms with Crippen molar-refractivity contribution in [2.24, 2.45) is 5.73 Å². The molecular formula is C17H28N2OS. The number of carbonyl (C=O) groups is 1. The summed E-state index contributed by atoms with van der Waals surface area (Å²) >= 11 is 1.80. The highest BCUT2D eigenvalue weighted by Gasteiger charge is 2.33. The maximum atomic E-state index is 11.8. The van der Waals surface area contributed by atoms with Gasteiger partial charge in [-0.15, -0.1) is 11.8 Å². The summed E-state index contributed by atoms with van der Waals surface area (Å²) in [4.78, 5) is 13.1. The lowest BCUT2D eigenvalue weighted by molar-refractivity contribution is -0.124. The van der Waals surface area contributed by atoms with E-state index in [0.29, 0.717) is 11.7 Å². The topological polar surface area (TPSA) is 55.1 Å². The number of hydrogen-bond donors (Lipinski definition) is 2. The summed E-state index contributed by atoms with van der Waals surface area (Å²) in [7, 11) is 0. The number of nitrogens with two attached hydrogens (primary N) is 1. The second kappa shape index (κ2) is 7.32. The second-order valence-electron chi connectivity index (χ2n) is 6.40. The molecule has 0 heterocycles. The number of primary amides is 1. The van der Waals surface area contributed by atoms with E-state index in [9.17, 15) is 4.79 Å². The Morgan fingerprint density at radius 3 is 2.43 bits per heavy atom. The standard InChI is InChI=1S/C17H28N2OS/c1-11(2)19-17(6,16(18)20)10-14(5)21-15-8-7-12(3)9-13(15)4/h7-9,11,14,19H,10H2,1-6H3,(H2,18,20). The molecule has 0 fully saturated rings. The van der Waals surface area contributed by atoms with Gasteiger partial charge >= 0.3 is 0 Å². The Bertz CT molecular complexity index is 502. The third kappa shape index (κ3) is 5.36. The van der Waals surface area contributed by atoms with Gasteiger partial charge < -0.3 is 11.1 Å². The number of amides is 1. The third-order valence-corrected chi connectivity index (χ3v) is 4.79. The Morgan fingerprint density at radius 1 is 1.33 bits per heavy atom. The molecule has 0 saturated carbocycles. The normalized spacial score (nSPS) is 15.8. The molecule has 21 heavy (non-hydrogen) atoms. The Kier molecular flexibility index (Phi) is 6.29. The van der Waals surface area contributed by atoms with Gasteiger partial charge in [0.25, 0.3) is 0 Å². The largest absolute Gasteiger partial charge is 0.368 e. The predicted octanol–water partition coefficient (Wildman–Crippen LogP) is 3.42. The van der Waals surface area contributed by atoms with Crippen molar-refractivity contribution in [2.45, 2.75) is 69.7 Å². The van der Waals surface area contributed by atoms with Crippen LogP contribution in [-0.4, -0.2) is 22.7 Å². The van der Waals surface area contributed by atoms with Crippen molar-refractivity contribution in [1.29, 1.82) is 0 Å². The lowest BCUT2D eigenvalue weighted by Crippen LogP contribution is -2.56. The zero-order valence-corrected chi connectivity index (χ0v) is 14.8. The molecule has 0 spiro atoms. The Balaban J connectivity index is 2.78. The molecule has 1 aromatic carbocycles. The van der Waals surface area contributed by atoms with E-state index in [1.807, 2.05) is 20.8 Å². The molecule has 118 valence electrons. The van der Waals surface area contributed by atoms with Gasteiger partial charge in [-0.3, -0.25) is 4.79 Å². The van der Waals surface area contributed by atoms with Crippen LogP contribution in [-0.2, 0) is 4.79 Å². The molecule has 0 saturated heterocycles. The summed E-state index contributed by atoms with van der Waals surface area (Å²) in [5.74, 6) is -0.288. The van der Waals surface area contributed by atoms with Gasteiger partial charge in [0.2, 0.25) is 5.91 Å². The molecule has 0 aromatic heterocycles. The van der Waals surface area contributed by atoms with Crippen LogP contribution in [0.3, 0.4) is 0 Å². The Morgan fingerprint density at radius 2 is 1.95 bits per heavy atom. The zero-order valence-electron chi connectivity index (χ0n) is 14.0. The molecule has 1 aromatic rings. The quantitative estimate of drug-likeness (QED) is 0.759. The zero-order chi connectivity index (χ0) is 16.2. The summed E-state index contributed by atoms with van der Waals surface area (Å²) in [6, 6.07) is 6.69. The van der Waals surface area contributed by atoms with Crippen molar-refractivity contribution in [3.05, 3.63) is 29.3 Å². The van der Waals surface area contributed by atoms with Crippen molar-refractivity contribution in [2.75, 3.05) is 0 Å². The predicted molar refractivity (Wildman–Crippen MR) is 91.7 cm³/mol. The molecule has 0 bridgehead atoms. The van der Waals surface area contributed by atoms with Gasteiger partial charge in [0.05, 0.1) is 5.54 Å². The van der Waals surface area contributed by atoms with Crippen LogP contribution in [0.25, 0.3) is 0 Å². The van der Waals surface area contributed by atoms with Crippen LogP contribution < -0.4 is 11.1 Å². The van der Waals surface area contributed by atoms with Crippen LogP contribution in [0.1, 0.15) is 45.2 Å². The van der Waals surface area contributed by atoms with E-state index in [4.69, 9.17) is 5.73 Å². The van der Waals surface area contributed by atoms with Crippen LogP contribution in [0.2, 0.25) is 0 Å². The van der Waals surface area contributed by atoms with Crippen LogP contribution >= 0.6 is 11.8 Å². The van der Waals surface area contributed by atoms with Gasteiger partial charge in [-0.1, -0.05) is 24.6 Å². The minimum atomic E-state index is -0.667. The lowest BCUT2D eigenvalue weighted by Gasteiger charge is -2.32. The fourth-order valence-electron chi connectivity index (χ4n) is 2.63. The van der Waals surface area contributed by atoms with Crippen LogP contribution in [0.5, 0.6) is 0 Å². The first kappa shape index (κ1) is 18.1. The van der Waals surface area contributed by atoms with Gasteiger partial charge in [-0.2, -0.15) is 0 Å². The van der Waals surface area contributed by atoms with Crippen molar-refractivity contribution < 1.29 is 4.79 Å². The van der Waals surface area contributed by atoms with E-state index in [-0.39, 0.29) is 11.9 Å². The third-order valence-electron chi connectivity index (χ3n) is 3.51. The van der Waals surface area contributed by atoms with Crippen molar-refractivity contribution in [3.63, 3.8) is 0 Å². The average Bonchev–Trinajstić information content (AvgIpc) is 2.31. The number of hydrogen-bond acceptors (Lipinski definition) is 3. The van der Waals surface area contributed by atoms with Crippen LogP contribution in [0, 0.1) is 13.8 Å². The number of carbonyl (C=O) groups excluding carboxylic acids is 1. The smallest absolute Gasteiger partial charge is 0.237 e. The fourth-order valence-corrected chi connectivity index (χ4v) is 3.87. The van der Waals surface area contributed by atoms with E-state index in [0.717, 1.165) is 0 Å². The van der Waals surface area contributed by atoms with Crippen LogP contribution in [0.4, 0.5) is 0 Å². The summed E-state index contributed by atoms with van der Waals surface area (Å²) in [6.45, 7) is 12.3. The first-order chi connectivity index (χ1) is 9.64. The highest BCUT2D eigenvalue weighted by molar-refractivity contribution is 8.00. The molecule has 0 radical (unpaired) electrons. The van der Waals surface area contributed by atoms with Crippen molar-refractivity contribution >= 4 is 17.7 Å². The van der Waals surface area contributed by atoms with Gasteiger partial charge in [0.1, 0.15) is 0 Å². The van der Waals surface area contributed by atoms with Crippen LogP contribution in [0.15, 0.2) is 23.1 Å². The van der Waals surface area contributed by atoms with Gasteiger partial charge in [0.15, 0.2) is 0 Å². The van der Waals surface area contributed by atoms with E-state index < -0.39 is 5.54 Å². The summed E-state index contributed by atoms with van der Waals surface area (Å²) < 4.78 is 0. The van der Waals surface area contributed by atoms with E-state index in [2.05, 4.69) is 44.3 Å². The minimum absolute atomic E-state index is 0.223. The molecule has 2 unspecified atom stereocenters. The van der Waals surface area contributed by atoms with Crippen molar-refractivity contribution in [3.8, 4) is 0 Å². The first-order valence-corrected chi connectivity index (χ1v) is 8.33. The number of thioether (sulfide) groups is 1. The van der Waals surface area contributed by atoms with E-state index in [1.165, 1.54) is 16.0 Å². The Labute approximate surface area is 133 Å². The molecule has 1 rings (SSSR count). The second-order valence-corrected chi connectivity index (χ2v) is 7.88. The van der Waals surface area contributed by atoms with E-state index in [1.54, 1.807) is 11.8 Å². The maximum Gasteiger partial charge on any atom is 0.237 e. The van der Waals surface area contributed by atoms with E-state index >= 15 is 0 Å². The summed E-state index contributed by atoms with van der Waals surface area (Å²) in [5.41, 5.74) is 7.49. The summed E-state index contributed by atoms with van der Waals surface area (Å²) in [6.07, 6.45) is 0.707. The molecule has 0 aliphatic rings. The molecule has 3 nitrogen and oxygen atoms in total. The van der Waals surface area contributed by atoms with Gasteiger partial charge in [-0.25, -0.2) is 0 Å².